The van der Waals surface area contributed by atoms with Crippen LogP contribution in [0.1, 0.15) is 36.3 Å². The molecule has 1 unspecified atom stereocenters. The van der Waals surface area contributed by atoms with Crippen LogP contribution in [-0.2, 0) is 4.79 Å². The topological polar surface area (TPSA) is 71.1 Å². The van der Waals surface area contributed by atoms with Crippen LogP contribution < -0.4 is 10.6 Å². The zero-order valence-electron chi connectivity index (χ0n) is 14.1. The molecule has 2 rings (SSSR count). The Balaban J connectivity index is 2.13. The predicted molar refractivity (Wildman–Crippen MR) is 103 cm³/mol. The van der Waals surface area contributed by atoms with Gasteiger partial charge in [-0.15, -0.1) is 11.3 Å². The molecule has 25 heavy (non-hydrogen) atoms. The lowest BCUT2D eigenvalue weighted by molar-refractivity contribution is -0.118. The quantitative estimate of drug-likeness (QED) is 0.748. The van der Waals surface area contributed by atoms with E-state index >= 15 is 0 Å². The first-order valence-corrected chi connectivity index (χ1v) is 9.38. The number of nitrogens with zero attached hydrogens (tertiary/aromatic N) is 1. The smallest absolute Gasteiger partial charge is 0.253 e. The Hall–Kier alpha value is -1.63. The van der Waals surface area contributed by atoms with Gasteiger partial charge in [-0.2, -0.15) is 0 Å². The van der Waals surface area contributed by atoms with E-state index < -0.39 is 11.9 Å². The zero-order valence-corrected chi connectivity index (χ0v) is 16.4. The monoisotopic (exact) mass is 399 g/mol. The van der Waals surface area contributed by atoms with Crippen LogP contribution in [-0.4, -0.2) is 22.8 Å². The molecule has 134 valence electrons. The highest BCUT2D eigenvalue weighted by Crippen LogP contribution is 2.21. The van der Waals surface area contributed by atoms with Crippen molar-refractivity contribution in [2.24, 2.45) is 5.92 Å². The van der Waals surface area contributed by atoms with E-state index in [9.17, 15) is 9.59 Å². The highest BCUT2D eigenvalue weighted by Gasteiger charge is 2.24. The van der Waals surface area contributed by atoms with Crippen LogP contribution in [0.4, 0.5) is 5.13 Å². The summed E-state index contributed by atoms with van der Waals surface area (Å²) in [6.07, 6.45) is 0.493. The minimum Gasteiger partial charge on any atom is -0.340 e. The van der Waals surface area contributed by atoms with Gasteiger partial charge in [-0.3, -0.25) is 9.59 Å². The number of aryl methyl sites for hydroxylation is 1. The van der Waals surface area contributed by atoms with Crippen LogP contribution in [0.15, 0.2) is 23.6 Å². The van der Waals surface area contributed by atoms with Gasteiger partial charge in [0.2, 0.25) is 5.91 Å². The van der Waals surface area contributed by atoms with Crippen molar-refractivity contribution in [2.45, 2.75) is 33.2 Å². The number of rotatable bonds is 6. The number of thiazole rings is 1. The Kier molecular flexibility index (Phi) is 6.81. The number of hydrogen-bond donors (Lipinski definition) is 2. The van der Waals surface area contributed by atoms with Crippen LogP contribution in [0.5, 0.6) is 0 Å². The number of carbonyl (C=O) groups is 2. The van der Waals surface area contributed by atoms with E-state index in [1.807, 2.05) is 26.2 Å². The summed E-state index contributed by atoms with van der Waals surface area (Å²) in [7, 11) is 0. The third kappa shape index (κ3) is 5.70. The zero-order chi connectivity index (χ0) is 18.6. The molecule has 0 spiro atoms. The normalized spacial score (nSPS) is 12.1. The Bertz CT molecular complexity index is 777. The average Bonchev–Trinajstić information content (AvgIpc) is 2.91. The molecule has 2 aromatic rings. The van der Waals surface area contributed by atoms with Gasteiger partial charge >= 0.3 is 0 Å². The highest BCUT2D eigenvalue weighted by atomic mass is 35.5. The van der Waals surface area contributed by atoms with E-state index in [0.717, 1.165) is 5.69 Å². The van der Waals surface area contributed by atoms with E-state index in [-0.39, 0.29) is 22.4 Å². The third-order valence-corrected chi connectivity index (χ3v) is 4.78. The first kappa shape index (κ1) is 19.7. The minimum absolute atomic E-state index is 0.217. The Labute approximate surface area is 160 Å². The summed E-state index contributed by atoms with van der Waals surface area (Å²) in [4.78, 5) is 29.3. The van der Waals surface area contributed by atoms with Crippen molar-refractivity contribution in [3.8, 4) is 0 Å². The van der Waals surface area contributed by atoms with Crippen LogP contribution in [0.25, 0.3) is 0 Å². The second-order valence-electron chi connectivity index (χ2n) is 6.06. The number of benzene rings is 1. The van der Waals surface area contributed by atoms with Crippen molar-refractivity contribution in [1.29, 1.82) is 0 Å². The first-order chi connectivity index (χ1) is 11.8. The summed E-state index contributed by atoms with van der Waals surface area (Å²) in [5.41, 5.74) is 1.11. The summed E-state index contributed by atoms with van der Waals surface area (Å²) in [6, 6.07) is 3.92. The molecule has 0 aliphatic heterocycles. The van der Waals surface area contributed by atoms with Crippen molar-refractivity contribution in [3.05, 3.63) is 44.9 Å². The lowest BCUT2D eigenvalue weighted by atomic mass is 10.0. The highest BCUT2D eigenvalue weighted by molar-refractivity contribution is 7.13. The van der Waals surface area contributed by atoms with E-state index in [0.29, 0.717) is 16.6 Å². The summed E-state index contributed by atoms with van der Waals surface area (Å²) in [5, 5.41) is 8.54. The molecule has 1 aromatic heterocycles. The largest absolute Gasteiger partial charge is 0.340 e. The van der Waals surface area contributed by atoms with Gasteiger partial charge in [-0.05, 0) is 37.5 Å². The molecule has 0 fully saturated rings. The number of amides is 2. The third-order valence-electron chi connectivity index (χ3n) is 3.35. The molecule has 1 atom stereocenters. The van der Waals surface area contributed by atoms with Gasteiger partial charge in [0.25, 0.3) is 5.91 Å². The number of halogens is 2. The van der Waals surface area contributed by atoms with E-state index in [2.05, 4.69) is 15.6 Å². The molecule has 5 nitrogen and oxygen atoms in total. The SMILES string of the molecule is Cc1csc(NC(=O)C(CC(C)C)NC(=O)c2ccc(Cl)cc2Cl)n1. The Morgan fingerprint density at radius 1 is 1.28 bits per heavy atom. The van der Waals surface area contributed by atoms with E-state index in [1.54, 1.807) is 6.07 Å². The molecule has 0 radical (unpaired) electrons. The van der Waals surface area contributed by atoms with Gasteiger partial charge < -0.3 is 10.6 Å². The number of aromatic nitrogens is 1. The van der Waals surface area contributed by atoms with Crippen molar-refractivity contribution < 1.29 is 9.59 Å². The van der Waals surface area contributed by atoms with Gasteiger partial charge in [-0.25, -0.2) is 4.98 Å². The van der Waals surface area contributed by atoms with Crippen molar-refractivity contribution in [3.63, 3.8) is 0 Å². The summed E-state index contributed by atoms with van der Waals surface area (Å²) in [5.74, 6) is -0.506. The maximum Gasteiger partial charge on any atom is 0.253 e. The molecule has 0 bridgehead atoms. The average molecular weight is 400 g/mol. The van der Waals surface area contributed by atoms with Gasteiger partial charge in [0.15, 0.2) is 5.13 Å². The molecule has 1 heterocycles. The van der Waals surface area contributed by atoms with Crippen LogP contribution >= 0.6 is 34.5 Å². The molecule has 0 aliphatic rings. The molecular weight excluding hydrogens is 381 g/mol. The van der Waals surface area contributed by atoms with E-state index in [4.69, 9.17) is 23.2 Å². The number of hydrogen-bond acceptors (Lipinski definition) is 4. The fraction of sp³-hybridized carbons (Fsp3) is 0.353. The molecule has 2 N–H and O–H groups in total. The molecular formula is C17H19Cl2N3O2S. The molecule has 0 saturated heterocycles. The summed E-state index contributed by atoms with van der Waals surface area (Å²) >= 11 is 13.3. The Morgan fingerprint density at radius 3 is 2.56 bits per heavy atom. The molecule has 8 heteroatoms. The van der Waals surface area contributed by atoms with Crippen molar-refractivity contribution in [2.75, 3.05) is 5.32 Å². The van der Waals surface area contributed by atoms with Crippen molar-refractivity contribution >= 4 is 51.5 Å². The van der Waals surface area contributed by atoms with Gasteiger partial charge in [0.05, 0.1) is 16.3 Å². The number of carbonyl (C=O) groups excluding carboxylic acids is 2. The van der Waals surface area contributed by atoms with Crippen LogP contribution in [0.2, 0.25) is 10.0 Å². The lowest BCUT2D eigenvalue weighted by Crippen LogP contribution is -2.44. The second kappa shape index (κ2) is 8.65. The maximum absolute atomic E-state index is 12.5. The van der Waals surface area contributed by atoms with E-state index in [1.165, 1.54) is 23.5 Å². The minimum atomic E-state index is -0.691. The predicted octanol–water partition coefficient (Wildman–Crippen LogP) is 4.54. The standard InChI is InChI=1S/C17H19Cl2N3O2S/c1-9(2)6-14(16(24)22-17-20-10(3)8-25-17)21-15(23)12-5-4-11(18)7-13(12)19/h4-5,7-9,14H,6H2,1-3H3,(H,21,23)(H,20,22,24). The van der Waals surface area contributed by atoms with Gasteiger partial charge in [0.1, 0.15) is 6.04 Å². The second-order valence-corrected chi connectivity index (χ2v) is 7.76. The van der Waals surface area contributed by atoms with Crippen LogP contribution in [0.3, 0.4) is 0 Å². The molecule has 2 amide bonds. The Morgan fingerprint density at radius 2 is 2.00 bits per heavy atom. The fourth-order valence-electron chi connectivity index (χ4n) is 2.22. The molecule has 0 saturated carbocycles. The fourth-order valence-corrected chi connectivity index (χ4v) is 3.40. The lowest BCUT2D eigenvalue weighted by Gasteiger charge is -2.20. The van der Waals surface area contributed by atoms with Gasteiger partial charge in [0, 0.05) is 10.4 Å². The first-order valence-electron chi connectivity index (χ1n) is 7.75. The summed E-state index contributed by atoms with van der Waals surface area (Å²) in [6.45, 7) is 5.81. The van der Waals surface area contributed by atoms with Crippen molar-refractivity contribution in [1.82, 2.24) is 10.3 Å². The number of nitrogens with one attached hydrogen (secondary N) is 2. The summed E-state index contributed by atoms with van der Waals surface area (Å²) < 4.78 is 0. The molecule has 0 aliphatic carbocycles. The molecule has 1 aromatic carbocycles. The number of anilines is 1. The maximum atomic E-state index is 12.5. The van der Waals surface area contributed by atoms with Crippen LogP contribution in [0, 0.1) is 12.8 Å². The van der Waals surface area contributed by atoms with Gasteiger partial charge in [-0.1, -0.05) is 37.0 Å².